The van der Waals surface area contributed by atoms with E-state index in [0.717, 1.165) is 0 Å². The van der Waals surface area contributed by atoms with Crippen LogP contribution in [0.25, 0.3) is 0 Å². The maximum absolute atomic E-state index is 10.5. The molecule has 0 rings (SSSR count). The van der Waals surface area contributed by atoms with Gasteiger partial charge in [0.1, 0.15) is 6.61 Å². The highest BCUT2D eigenvalue weighted by Crippen LogP contribution is 1.89. The minimum atomic E-state index is -0.455. The van der Waals surface area contributed by atoms with Crippen LogP contribution >= 0.6 is 0 Å². The second kappa shape index (κ2) is 9.64. The van der Waals surface area contributed by atoms with Crippen LogP contribution in [0.3, 0.4) is 0 Å². The van der Waals surface area contributed by atoms with Crippen LogP contribution in [0.4, 0.5) is 0 Å². The van der Waals surface area contributed by atoms with Crippen LogP contribution in [0.2, 0.25) is 0 Å². The molecule has 0 fully saturated rings. The topological polar surface area (TPSA) is 83.8 Å². The molecule has 5 nitrogen and oxygen atoms in total. The van der Waals surface area contributed by atoms with Crippen molar-refractivity contribution in [2.75, 3.05) is 13.2 Å². The summed E-state index contributed by atoms with van der Waals surface area (Å²) in [4.78, 5) is 18.8. The van der Waals surface area contributed by atoms with Crippen molar-refractivity contribution >= 4 is 12.4 Å². The third-order valence-corrected chi connectivity index (χ3v) is 0.673. The van der Waals surface area contributed by atoms with Crippen molar-refractivity contribution in [3.63, 3.8) is 0 Å². The van der Waals surface area contributed by atoms with Gasteiger partial charge in [0.05, 0.1) is 6.61 Å². The molecule has 2 N–H and O–H groups in total. The number of esters is 1. The van der Waals surface area contributed by atoms with Crippen molar-refractivity contribution in [1.82, 2.24) is 0 Å². The predicted molar refractivity (Wildman–Crippen MR) is 41.6 cm³/mol. The Labute approximate surface area is 70.3 Å². The van der Waals surface area contributed by atoms with Crippen LogP contribution in [-0.4, -0.2) is 35.9 Å². The first-order valence-electron chi connectivity index (χ1n) is 3.11. The standard InChI is InChI=1S/C6H10O3.CH2O2/c1-5(2)6(8)9-4-3-7;2-1-3/h7H,1,3-4H2,2H3;1H,(H,2,3). The van der Waals surface area contributed by atoms with Crippen LogP contribution in [0.5, 0.6) is 0 Å². The van der Waals surface area contributed by atoms with Gasteiger partial charge in [-0.05, 0) is 6.92 Å². The van der Waals surface area contributed by atoms with E-state index in [0.29, 0.717) is 5.57 Å². The molecular weight excluding hydrogens is 164 g/mol. The van der Waals surface area contributed by atoms with Crippen molar-refractivity contribution in [1.29, 1.82) is 0 Å². The zero-order valence-corrected chi connectivity index (χ0v) is 6.82. The first-order valence-corrected chi connectivity index (χ1v) is 3.11. The van der Waals surface area contributed by atoms with E-state index in [2.05, 4.69) is 11.3 Å². The van der Waals surface area contributed by atoms with E-state index in [1.165, 1.54) is 0 Å². The summed E-state index contributed by atoms with van der Waals surface area (Å²) in [6.45, 7) is 4.56. The van der Waals surface area contributed by atoms with Gasteiger partial charge in [0.15, 0.2) is 0 Å². The van der Waals surface area contributed by atoms with E-state index in [1.807, 2.05) is 0 Å². The molecule has 0 unspecified atom stereocenters. The summed E-state index contributed by atoms with van der Waals surface area (Å²) in [5.41, 5.74) is 0.350. The minimum absolute atomic E-state index is 0.0473. The SMILES string of the molecule is C=C(C)C(=O)OCCO.O=CO. The van der Waals surface area contributed by atoms with Gasteiger partial charge in [-0.1, -0.05) is 6.58 Å². The molecule has 0 amide bonds. The van der Waals surface area contributed by atoms with Gasteiger partial charge in [-0.2, -0.15) is 0 Å². The van der Waals surface area contributed by atoms with Gasteiger partial charge in [0, 0.05) is 5.57 Å². The molecule has 0 aromatic rings. The highest BCUT2D eigenvalue weighted by Gasteiger charge is 1.99. The normalized spacial score (nSPS) is 7.50. The Morgan fingerprint density at radius 3 is 2.33 bits per heavy atom. The van der Waals surface area contributed by atoms with E-state index < -0.39 is 5.97 Å². The number of carbonyl (C=O) groups is 2. The lowest BCUT2D eigenvalue weighted by atomic mass is 10.4. The molecule has 12 heavy (non-hydrogen) atoms. The first kappa shape index (κ1) is 13.2. The van der Waals surface area contributed by atoms with Gasteiger partial charge in [-0.25, -0.2) is 4.79 Å². The van der Waals surface area contributed by atoms with Crippen LogP contribution in [0.1, 0.15) is 6.92 Å². The lowest BCUT2D eigenvalue weighted by Crippen LogP contribution is -2.08. The van der Waals surface area contributed by atoms with Crippen LogP contribution in [-0.2, 0) is 14.3 Å². The van der Waals surface area contributed by atoms with Gasteiger partial charge < -0.3 is 14.9 Å². The number of hydrogen-bond acceptors (Lipinski definition) is 4. The number of rotatable bonds is 3. The molecule has 0 saturated carbocycles. The molecule has 0 aliphatic carbocycles. The summed E-state index contributed by atoms with van der Waals surface area (Å²) in [5.74, 6) is -0.455. The molecule has 0 heterocycles. The summed E-state index contributed by atoms with van der Waals surface area (Å²) in [5, 5.41) is 15.1. The third-order valence-electron chi connectivity index (χ3n) is 0.673. The maximum atomic E-state index is 10.5. The molecule has 5 heteroatoms. The lowest BCUT2D eigenvalue weighted by Gasteiger charge is -1.99. The predicted octanol–water partition coefficient (Wildman–Crippen LogP) is -0.201. The molecule has 0 radical (unpaired) electrons. The molecule has 0 spiro atoms. The number of ether oxygens (including phenoxy) is 1. The van der Waals surface area contributed by atoms with E-state index in [-0.39, 0.29) is 19.7 Å². The Morgan fingerprint density at radius 2 is 2.08 bits per heavy atom. The highest BCUT2D eigenvalue weighted by atomic mass is 16.5. The van der Waals surface area contributed by atoms with Gasteiger partial charge in [0.2, 0.25) is 0 Å². The van der Waals surface area contributed by atoms with Gasteiger partial charge in [-0.3, -0.25) is 4.79 Å². The van der Waals surface area contributed by atoms with Crippen LogP contribution in [0, 0.1) is 0 Å². The number of carboxylic acid groups (broad SMARTS) is 1. The average molecular weight is 176 g/mol. The van der Waals surface area contributed by atoms with Crippen molar-refractivity contribution in [2.45, 2.75) is 6.92 Å². The molecule has 0 saturated heterocycles. The van der Waals surface area contributed by atoms with Gasteiger partial charge >= 0.3 is 5.97 Å². The first-order chi connectivity index (χ1) is 5.59. The average Bonchev–Trinajstić information content (AvgIpc) is 2.01. The largest absolute Gasteiger partial charge is 0.483 e. The fraction of sp³-hybridized carbons (Fsp3) is 0.429. The van der Waals surface area contributed by atoms with Crippen LogP contribution in [0.15, 0.2) is 12.2 Å². The van der Waals surface area contributed by atoms with Gasteiger partial charge in [-0.15, -0.1) is 0 Å². The summed E-state index contributed by atoms with van der Waals surface area (Å²) >= 11 is 0. The van der Waals surface area contributed by atoms with Crippen molar-refractivity contribution in [3.8, 4) is 0 Å². The monoisotopic (exact) mass is 176 g/mol. The minimum Gasteiger partial charge on any atom is -0.483 e. The zero-order chi connectivity index (χ0) is 9.98. The highest BCUT2D eigenvalue weighted by molar-refractivity contribution is 5.86. The smallest absolute Gasteiger partial charge is 0.333 e. The van der Waals surface area contributed by atoms with Crippen molar-refractivity contribution in [2.24, 2.45) is 0 Å². The Kier molecular flexibility index (Phi) is 10.6. The summed E-state index contributed by atoms with van der Waals surface area (Å²) in [6.07, 6.45) is 0. The Hall–Kier alpha value is -1.36. The molecule has 0 aliphatic rings. The Bertz CT molecular complexity index is 152. The number of hydrogen-bond donors (Lipinski definition) is 2. The lowest BCUT2D eigenvalue weighted by molar-refractivity contribution is -0.139. The molecule has 0 bridgehead atoms. The molecular formula is C7H12O5. The summed E-state index contributed by atoms with van der Waals surface area (Å²) < 4.78 is 4.46. The Balaban J connectivity index is 0. The second-order valence-electron chi connectivity index (χ2n) is 1.75. The summed E-state index contributed by atoms with van der Waals surface area (Å²) in [7, 11) is 0. The molecule has 70 valence electrons. The number of aliphatic hydroxyl groups excluding tert-OH is 1. The fourth-order valence-corrected chi connectivity index (χ4v) is 0.262. The Morgan fingerprint density at radius 1 is 1.67 bits per heavy atom. The molecule has 0 aromatic heterocycles. The molecule has 0 aliphatic heterocycles. The zero-order valence-electron chi connectivity index (χ0n) is 6.82. The van der Waals surface area contributed by atoms with E-state index in [1.54, 1.807) is 6.92 Å². The number of carbonyl (C=O) groups excluding carboxylic acids is 1. The second-order valence-corrected chi connectivity index (χ2v) is 1.75. The molecule has 0 aromatic carbocycles. The van der Waals surface area contributed by atoms with Gasteiger partial charge in [0.25, 0.3) is 6.47 Å². The quantitative estimate of drug-likeness (QED) is 0.353. The molecule has 0 atom stereocenters. The van der Waals surface area contributed by atoms with E-state index in [4.69, 9.17) is 15.0 Å². The van der Waals surface area contributed by atoms with Crippen LogP contribution < -0.4 is 0 Å². The van der Waals surface area contributed by atoms with Crippen molar-refractivity contribution < 1.29 is 24.5 Å². The van der Waals surface area contributed by atoms with E-state index in [9.17, 15) is 4.79 Å². The van der Waals surface area contributed by atoms with Crippen molar-refractivity contribution in [3.05, 3.63) is 12.2 Å². The third kappa shape index (κ3) is 11.4. The maximum Gasteiger partial charge on any atom is 0.333 e. The van der Waals surface area contributed by atoms with E-state index >= 15 is 0 Å². The summed E-state index contributed by atoms with van der Waals surface area (Å²) in [6, 6.07) is 0. The fourth-order valence-electron chi connectivity index (χ4n) is 0.262. The number of aliphatic hydroxyl groups is 1.